The first-order valence-corrected chi connectivity index (χ1v) is 4.95. The van der Waals surface area contributed by atoms with Gasteiger partial charge >= 0.3 is 0 Å². The summed E-state index contributed by atoms with van der Waals surface area (Å²) in [6.07, 6.45) is 1.20. The summed E-state index contributed by atoms with van der Waals surface area (Å²) >= 11 is 0. The summed E-state index contributed by atoms with van der Waals surface area (Å²) in [7, 11) is 0. The number of Topliss-reactive ketones (excluding diaryl/α,β-unsaturated/α-hetero) is 2. The van der Waals surface area contributed by atoms with Crippen LogP contribution in [0, 0.1) is 11.8 Å². The van der Waals surface area contributed by atoms with Gasteiger partial charge in [-0.15, -0.1) is 0 Å². The first-order valence-electron chi connectivity index (χ1n) is 4.95. The fraction of sp³-hybridized carbons (Fsp3) is 0.818. The highest BCUT2D eigenvalue weighted by molar-refractivity contribution is 5.99. The van der Waals surface area contributed by atoms with Gasteiger partial charge in [-0.25, -0.2) is 0 Å². The monoisotopic (exact) mass is 184 g/mol. The summed E-state index contributed by atoms with van der Waals surface area (Å²) in [4.78, 5) is 22.4. The molecule has 0 saturated heterocycles. The number of carbonyl (C=O) groups is 2. The van der Waals surface area contributed by atoms with Crippen LogP contribution in [0.1, 0.15) is 47.0 Å². The summed E-state index contributed by atoms with van der Waals surface area (Å²) in [6, 6.07) is 0. The molecule has 0 spiro atoms. The van der Waals surface area contributed by atoms with Crippen molar-refractivity contribution in [1.29, 1.82) is 0 Å². The van der Waals surface area contributed by atoms with E-state index < -0.39 is 0 Å². The van der Waals surface area contributed by atoms with E-state index in [0.29, 0.717) is 24.7 Å². The fourth-order valence-electron chi connectivity index (χ4n) is 1.27. The van der Waals surface area contributed by atoms with Gasteiger partial charge in [0.05, 0.1) is 6.42 Å². The normalized spacial score (nSPS) is 10.9. The Morgan fingerprint density at radius 1 is 0.846 bits per heavy atom. The van der Waals surface area contributed by atoms with Crippen molar-refractivity contribution in [3.63, 3.8) is 0 Å². The van der Waals surface area contributed by atoms with E-state index in [0.717, 1.165) is 0 Å². The highest BCUT2D eigenvalue weighted by Gasteiger charge is 2.11. The summed E-state index contributed by atoms with van der Waals surface area (Å²) in [6.45, 7) is 7.96. The van der Waals surface area contributed by atoms with Crippen LogP contribution in [0.2, 0.25) is 0 Å². The van der Waals surface area contributed by atoms with Gasteiger partial charge < -0.3 is 0 Å². The third-order valence-electron chi connectivity index (χ3n) is 1.67. The molecule has 0 bridgehead atoms. The molecular weight excluding hydrogens is 164 g/mol. The Kier molecular flexibility index (Phi) is 5.60. The minimum Gasteiger partial charge on any atom is -0.299 e. The summed E-state index contributed by atoms with van der Waals surface area (Å²) in [5.41, 5.74) is 0. The molecule has 0 heterocycles. The summed E-state index contributed by atoms with van der Waals surface area (Å²) in [5.74, 6) is 0.889. The van der Waals surface area contributed by atoms with Crippen molar-refractivity contribution >= 4 is 11.6 Å². The maximum atomic E-state index is 11.2. The standard InChI is InChI=1S/C11H20O2/c1-8(2)5-10(12)7-11(13)6-9(3)4/h8-9H,5-7H2,1-4H3. The molecule has 0 radical (unpaired) electrons. The van der Waals surface area contributed by atoms with Crippen LogP contribution >= 0.6 is 0 Å². The molecule has 0 aromatic rings. The zero-order valence-corrected chi connectivity index (χ0v) is 9.09. The zero-order valence-electron chi connectivity index (χ0n) is 9.09. The molecule has 0 aliphatic carbocycles. The highest BCUT2D eigenvalue weighted by atomic mass is 16.1. The maximum Gasteiger partial charge on any atom is 0.140 e. The number of rotatable bonds is 6. The lowest BCUT2D eigenvalue weighted by Gasteiger charge is -2.04. The molecule has 76 valence electrons. The Hall–Kier alpha value is -0.660. The second-order valence-electron chi connectivity index (χ2n) is 4.45. The van der Waals surface area contributed by atoms with Gasteiger partial charge in [0.25, 0.3) is 0 Å². The van der Waals surface area contributed by atoms with E-state index >= 15 is 0 Å². The average Bonchev–Trinajstić information content (AvgIpc) is 1.80. The quantitative estimate of drug-likeness (QED) is 0.595. The van der Waals surface area contributed by atoms with E-state index in [2.05, 4.69) is 0 Å². The van der Waals surface area contributed by atoms with Crippen LogP contribution in [-0.4, -0.2) is 11.6 Å². The molecule has 0 unspecified atom stereocenters. The molecule has 13 heavy (non-hydrogen) atoms. The molecule has 0 fully saturated rings. The molecule has 0 aliphatic rings. The first-order chi connectivity index (χ1) is 5.91. The van der Waals surface area contributed by atoms with Gasteiger partial charge in [0.15, 0.2) is 0 Å². The molecule has 0 rings (SSSR count). The predicted molar refractivity (Wildman–Crippen MR) is 53.5 cm³/mol. The molecule has 2 heteroatoms. The lowest BCUT2D eigenvalue weighted by molar-refractivity contribution is -0.127. The van der Waals surface area contributed by atoms with Crippen molar-refractivity contribution in [2.45, 2.75) is 47.0 Å². The smallest absolute Gasteiger partial charge is 0.140 e. The van der Waals surface area contributed by atoms with E-state index in [-0.39, 0.29) is 18.0 Å². The van der Waals surface area contributed by atoms with Gasteiger partial charge in [0, 0.05) is 12.8 Å². The Morgan fingerprint density at radius 3 is 1.38 bits per heavy atom. The van der Waals surface area contributed by atoms with E-state index in [1.165, 1.54) is 0 Å². The van der Waals surface area contributed by atoms with Crippen molar-refractivity contribution in [2.24, 2.45) is 11.8 Å². The van der Waals surface area contributed by atoms with Crippen molar-refractivity contribution in [1.82, 2.24) is 0 Å². The highest BCUT2D eigenvalue weighted by Crippen LogP contribution is 2.07. The van der Waals surface area contributed by atoms with E-state index in [4.69, 9.17) is 0 Å². The molecule has 0 aromatic carbocycles. The number of hydrogen-bond donors (Lipinski definition) is 0. The van der Waals surface area contributed by atoms with E-state index in [1.807, 2.05) is 27.7 Å². The van der Waals surface area contributed by atoms with Crippen molar-refractivity contribution < 1.29 is 9.59 Å². The molecule has 0 N–H and O–H groups in total. The summed E-state index contributed by atoms with van der Waals surface area (Å²) < 4.78 is 0. The molecule has 0 atom stereocenters. The Labute approximate surface area is 80.7 Å². The minimum atomic E-state index is 0.0839. The van der Waals surface area contributed by atoms with Crippen LogP contribution in [0.4, 0.5) is 0 Å². The van der Waals surface area contributed by atoms with Crippen molar-refractivity contribution in [2.75, 3.05) is 0 Å². The predicted octanol–water partition coefficient (Wildman–Crippen LogP) is 2.61. The molecule has 0 saturated carbocycles. The number of hydrogen-bond acceptors (Lipinski definition) is 2. The Bertz CT molecular complexity index is 161. The second kappa shape index (κ2) is 5.90. The Morgan fingerprint density at radius 2 is 1.15 bits per heavy atom. The van der Waals surface area contributed by atoms with Crippen LogP contribution in [0.5, 0.6) is 0 Å². The zero-order chi connectivity index (χ0) is 10.4. The number of ketones is 2. The third-order valence-corrected chi connectivity index (χ3v) is 1.67. The molecule has 2 nitrogen and oxygen atoms in total. The van der Waals surface area contributed by atoms with E-state index in [1.54, 1.807) is 0 Å². The van der Waals surface area contributed by atoms with Crippen LogP contribution in [0.25, 0.3) is 0 Å². The van der Waals surface area contributed by atoms with E-state index in [9.17, 15) is 9.59 Å². The minimum absolute atomic E-state index is 0.0839. The molecular formula is C11H20O2. The molecule has 0 aliphatic heterocycles. The van der Waals surface area contributed by atoms with Gasteiger partial charge in [0.1, 0.15) is 11.6 Å². The van der Waals surface area contributed by atoms with Crippen LogP contribution in [0.15, 0.2) is 0 Å². The molecule has 0 amide bonds. The largest absolute Gasteiger partial charge is 0.299 e. The lowest BCUT2D eigenvalue weighted by atomic mass is 9.99. The van der Waals surface area contributed by atoms with Gasteiger partial charge in [0.2, 0.25) is 0 Å². The molecule has 0 aromatic heterocycles. The van der Waals surface area contributed by atoms with Crippen LogP contribution in [-0.2, 0) is 9.59 Å². The average molecular weight is 184 g/mol. The van der Waals surface area contributed by atoms with Crippen LogP contribution < -0.4 is 0 Å². The first kappa shape index (κ1) is 12.3. The number of carbonyl (C=O) groups excluding carboxylic acids is 2. The van der Waals surface area contributed by atoms with Crippen LogP contribution in [0.3, 0.4) is 0 Å². The Balaban J connectivity index is 3.72. The lowest BCUT2D eigenvalue weighted by Crippen LogP contribution is -2.11. The van der Waals surface area contributed by atoms with Crippen molar-refractivity contribution in [3.8, 4) is 0 Å². The fourth-order valence-corrected chi connectivity index (χ4v) is 1.27. The summed E-state index contributed by atoms with van der Waals surface area (Å²) in [5, 5.41) is 0. The third kappa shape index (κ3) is 7.69. The van der Waals surface area contributed by atoms with Gasteiger partial charge in [-0.05, 0) is 11.8 Å². The topological polar surface area (TPSA) is 34.1 Å². The van der Waals surface area contributed by atoms with Gasteiger partial charge in [-0.1, -0.05) is 27.7 Å². The van der Waals surface area contributed by atoms with Gasteiger partial charge in [-0.3, -0.25) is 9.59 Å². The van der Waals surface area contributed by atoms with Crippen molar-refractivity contribution in [3.05, 3.63) is 0 Å². The second-order valence-corrected chi connectivity index (χ2v) is 4.45. The van der Waals surface area contributed by atoms with Gasteiger partial charge in [-0.2, -0.15) is 0 Å². The maximum absolute atomic E-state index is 11.2. The SMILES string of the molecule is CC(C)CC(=O)CC(=O)CC(C)C.